The second-order valence-corrected chi connectivity index (χ2v) is 6.09. The number of carbonyl (C=O) groups is 1. The highest BCUT2D eigenvalue weighted by molar-refractivity contribution is 6.31. The van der Waals surface area contributed by atoms with Crippen LogP contribution in [0, 0.1) is 6.92 Å². The van der Waals surface area contributed by atoms with Crippen LogP contribution in [0.25, 0.3) is 0 Å². The van der Waals surface area contributed by atoms with Crippen molar-refractivity contribution in [1.29, 1.82) is 0 Å². The standard InChI is InChI=1S/C18H19ClN2O2/c1-12-6-16(4-5-17(12)19)23-11-18(22)21-8-13-2-3-14-9-20-10-15(14)7-13/h2-7,20H,8-11H2,1H3,(H,21,22). The highest BCUT2D eigenvalue weighted by Gasteiger charge is 2.10. The highest BCUT2D eigenvalue weighted by atomic mass is 35.5. The van der Waals surface area contributed by atoms with Gasteiger partial charge in [-0.1, -0.05) is 29.8 Å². The second kappa shape index (κ2) is 7.02. The molecule has 0 saturated carbocycles. The van der Waals surface area contributed by atoms with Crippen LogP contribution in [0.15, 0.2) is 36.4 Å². The summed E-state index contributed by atoms with van der Waals surface area (Å²) in [6.45, 7) is 4.23. The molecule has 0 unspecified atom stereocenters. The summed E-state index contributed by atoms with van der Waals surface area (Å²) in [5.41, 5.74) is 4.67. The first-order valence-electron chi connectivity index (χ1n) is 7.59. The Bertz CT molecular complexity index is 731. The van der Waals surface area contributed by atoms with Crippen LogP contribution >= 0.6 is 11.6 Å². The summed E-state index contributed by atoms with van der Waals surface area (Å²) in [5.74, 6) is 0.502. The van der Waals surface area contributed by atoms with E-state index in [1.807, 2.05) is 13.0 Å². The first kappa shape index (κ1) is 15.8. The second-order valence-electron chi connectivity index (χ2n) is 5.68. The van der Waals surface area contributed by atoms with Gasteiger partial charge in [-0.3, -0.25) is 4.79 Å². The molecule has 0 atom stereocenters. The monoisotopic (exact) mass is 330 g/mol. The number of rotatable bonds is 5. The number of amides is 1. The van der Waals surface area contributed by atoms with Gasteiger partial charge in [-0.25, -0.2) is 0 Å². The number of carbonyl (C=O) groups excluding carboxylic acids is 1. The van der Waals surface area contributed by atoms with Gasteiger partial charge < -0.3 is 15.4 Å². The lowest BCUT2D eigenvalue weighted by molar-refractivity contribution is -0.123. The molecule has 0 fully saturated rings. The van der Waals surface area contributed by atoms with Crippen molar-refractivity contribution in [2.45, 2.75) is 26.6 Å². The Morgan fingerprint density at radius 3 is 2.87 bits per heavy atom. The molecular weight excluding hydrogens is 312 g/mol. The number of fused-ring (bicyclic) bond motifs is 1. The van der Waals surface area contributed by atoms with E-state index in [0.717, 1.165) is 24.2 Å². The van der Waals surface area contributed by atoms with Crippen molar-refractivity contribution in [1.82, 2.24) is 10.6 Å². The van der Waals surface area contributed by atoms with Crippen molar-refractivity contribution in [2.24, 2.45) is 0 Å². The maximum absolute atomic E-state index is 11.9. The Labute approximate surface area is 140 Å². The van der Waals surface area contributed by atoms with Crippen molar-refractivity contribution in [3.05, 3.63) is 63.7 Å². The summed E-state index contributed by atoms with van der Waals surface area (Å²) in [5, 5.41) is 6.87. The first-order chi connectivity index (χ1) is 11.1. The molecule has 0 aromatic heterocycles. The minimum atomic E-state index is -0.142. The van der Waals surface area contributed by atoms with Gasteiger partial charge in [0.25, 0.3) is 5.91 Å². The molecule has 2 aromatic carbocycles. The van der Waals surface area contributed by atoms with E-state index in [0.29, 0.717) is 17.3 Å². The average molecular weight is 331 g/mol. The maximum atomic E-state index is 11.9. The third-order valence-electron chi connectivity index (χ3n) is 3.89. The van der Waals surface area contributed by atoms with Gasteiger partial charge in [0.05, 0.1) is 0 Å². The van der Waals surface area contributed by atoms with E-state index < -0.39 is 0 Å². The van der Waals surface area contributed by atoms with E-state index in [1.54, 1.807) is 12.1 Å². The normalized spacial score (nSPS) is 12.8. The number of hydrogen-bond donors (Lipinski definition) is 2. The van der Waals surface area contributed by atoms with E-state index in [4.69, 9.17) is 16.3 Å². The third kappa shape index (κ3) is 4.03. The number of aryl methyl sites for hydroxylation is 1. The molecule has 23 heavy (non-hydrogen) atoms. The average Bonchev–Trinajstić information content (AvgIpc) is 3.01. The number of halogens is 1. The minimum absolute atomic E-state index is 0.00638. The molecule has 1 aliphatic rings. The lowest BCUT2D eigenvalue weighted by Crippen LogP contribution is -2.28. The zero-order valence-electron chi connectivity index (χ0n) is 13.0. The van der Waals surface area contributed by atoms with Crippen molar-refractivity contribution in [2.75, 3.05) is 6.61 Å². The van der Waals surface area contributed by atoms with Gasteiger partial charge in [0, 0.05) is 24.7 Å². The summed E-state index contributed by atoms with van der Waals surface area (Å²) in [4.78, 5) is 11.9. The highest BCUT2D eigenvalue weighted by Crippen LogP contribution is 2.21. The molecule has 4 nitrogen and oxygen atoms in total. The van der Waals surface area contributed by atoms with Crippen LogP contribution in [0.2, 0.25) is 5.02 Å². The van der Waals surface area contributed by atoms with Gasteiger partial charge in [-0.15, -0.1) is 0 Å². The van der Waals surface area contributed by atoms with E-state index >= 15 is 0 Å². The van der Waals surface area contributed by atoms with Gasteiger partial charge in [0.2, 0.25) is 0 Å². The van der Waals surface area contributed by atoms with Gasteiger partial charge in [-0.2, -0.15) is 0 Å². The lowest BCUT2D eigenvalue weighted by atomic mass is 10.1. The number of hydrogen-bond acceptors (Lipinski definition) is 3. The summed E-state index contributed by atoms with van der Waals surface area (Å²) >= 11 is 5.96. The van der Waals surface area contributed by atoms with Crippen molar-refractivity contribution in [3.63, 3.8) is 0 Å². The predicted molar refractivity (Wildman–Crippen MR) is 90.5 cm³/mol. The molecule has 0 saturated heterocycles. The molecule has 3 rings (SSSR count). The van der Waals surface area contributed by atoms with E-state index in [2.05, 4.69) is 28.8 Å². The van der Waals surface area contributed by atoms with Crippen LogP contribution in [-0.2, 0) is 24.4 Å². The number of benzene rings is 2. The van der Waals surface area contributed by atoms with Crippen LogP contribution in [0.3, 0.4) is 0 Å². The van der Waals surface area contributed by atoms with E-state index in [-0.39, 0.29) is 12.5 Å². The Hall–Kier alpha value is -2.04. The van der Waals surface area contributed by atoms with Gasteiger partial charge >= 0.3 is 0 Å². The van der Waals surface area contributed by atoms with Gasteiger partial charge in [0.1, 0.15) is 5.75 Å². The Morgan fingerprint density at radius 1 is 1.22 bits per heavy atom. The molecule has 0 bridgehead atoms. The zero-order chi connectivity index (χ0) is 16.2. The summed E-state index contributed by atoms with van der Waals surface area (Å²) in [7, 11) is 0. The largest absolute Gasteiger partial charge is 0.484 e. The SMILES string of the molecule is Cc1cc(OCC(=O)NCc2ccc3c(c2)CNC3)ccc1Cl. The molecule has 120 valence electrons. The van der Waals surface area contributed by atoms with Crippen molar-refractivity contribution < 1.29 is 9.53 Å². The molecular formula is C18H19ClN2O2. The van der Waals surface area contributed by atoms with Crippen LogP contribution in [0.5, 0.6) is 5.75 Å². The topological polar surface area (TPSA) is 50.4 Å². The number of nitrogens with one attached hydrogen (secondary N) is 2. The van der Waals surface area contributed by atoms with Crippen LogP contribution in [0.1, 0.15) is 22.3 Å². The smallest absolute Gasteiger partial charge is 0.258 e. The fourth-order valence-corrected chi connectivity index (χ4v) is 2.68. The maximum Gasteiger partial charge on any atom is 0.258 e. The molecule has 0 radical (unpaired) electrons. The molecule has 1 heterocycles. The summed E-state index contributed by atoms with van der Waals surface area (Å²) < 4.78 is 5.49. The quantitative estimate of drug-likeness (QED) is 0.886. The van der Waals surface area contributed by atoms with Gasteiger partial charge in [-0.05, 0) is 47.4 Å². The Kier molecular flexibility index (Phi) is 4.84. The fraction of sp³-hybridized carbons (Fsp3) is 0.278. The van der Waals surface area contributed by atoms with Crippen molar-refractivity contribution in [3.8, 4) is 5.75 Å². The first-order valence-corrected chi connectivity index (χ1v) is 7.96. The van der Waals surface area contributed by atoms with Crippen LogP contribution in [-0.4, -0.2) is 12.5 Å². The fourth-order valence-electron chi connectivity index (χ4n) is 2.57. The molecule has 0 spiro atoms. The molecule has 1 amide bonds. The number of ether oxygens (including phenoxy) is 1. The van der Waals surface area contributed by atoms with Crippen LogP contribution in [0.4, 0.5) is 0 Å². The zero-order valence-corrected chi connectivity index (χ0v) is 13.7. The third-order valence-corrected chi connectivity index (χ3v) is 4.31. The molecule has 2 N–H and O–H groups in total. The molecule has 5 heteroatoms. The summed E-state index contributed by atoms with van der Waals surface area (Å²) in [6.07, 6.45) is 0. The minimum Gasteiger partial charge on any atom is -0.484 e. The molecule has 2 aromatic rings. The lowest BCUT2D eigenvalue weighted by Gasteiger charge is -2.09. The Balaban J connectivity index is 1.48. The van der Waals surface area contributed by atoms with E-state index in [1.165, 1.54) is 11.1 Å². The molecule has 0 aliphatic carbocycles. The van der Waals surface area contributed by atoms with E-state index in [9.17, 15) is 4.79 Å². The molecule has 1 aliphatic heterocycles. The van der Waals surface area contributed by atoms with Gasteiger partial charge in [0.15, 0.2) is 6.61 Å². The summed E-state index contributed by atoms with van der Waals surface area (Å²) in [6, 6.07) is 11.7. The van der Waals surface area contributed by atoms with Crippen molar-refractivity contribution >= 4 is 17.5 Å². The predicted octanol–water partition coefficient (Wildman–Crippen LogP) is 2.95. The van der Waals surface area contributed by atoms with Crippen LogP contribution < -0.4 is 15.4 Å². The Morgan fingerprint density at radius 2 is 2.04 bits per heavy atom.